The van der Waals surface area contributed by atoms with Gasteiger partial charge in [-0.25, -0.2) is 0 Å². The maximum absolute atomic E-state index is 6.53. The van der Waals surface area contributed by atoms with Crippen LogP contribution in [0.1, 0.15) is 52.9 Å². The molecule has 0 aromatic heterocycles. The molecule has 2 rings (SSSR count). The molecule has 0 heterocycles. The summed E-state index contributed by atoms with van der Waals surface area (Å²) < 4.78 is 11.5. The second kappa shape index (κ2) is 6.69. The molecule has 1 aromatic carbocycles. The Bertz CT molecular complexity index is 446. The minimum atomic E-state index is -0.0594. The molecule has 1 fully saturated rings. The van der Waals surface area contributed by atoms with Crippen molar-refractivity contribution in [3.8, 4) is 11.5 Å². The van der Waals surface area contributed by atoms with Gasteiger partial charge in [-0.05, 0) is 56.6 Å². The van der Waals surface area contributed by atoms with E-state index in [9.17, 15) is 0 Å². The third-order valence-electron chi connectivity index (χ3n) is 4.61. The molecule has 0 spiro atoms. The number of benzene rings is 1. The van der Waals surface area contributed by atoms with E-state index in [0.717, 1.165) is 30.8 Å². The molecule has 1 saturated carbocycles. The minimum Gasteiger partial charge on any atom is -0.490 e. The highest BCUT2D eigenvalue weighted by molar-refractivity contribution is 5.39. The first kappa shape index (κ1) is 16.2. The molecule has 1 aromatic rings. The van der Waals surface area contributed by atoms with E-state index in [2.05, 4.69) is 13.8 Å². The molecule has 0 bridgehead atoms. The zero-order valence-electron chi connectivity index (χ0n) is 13.7. The number of ether oxygens (including phenoxy) is 2. The second-order valence-corrected chi connectivity index (χ2v) is 7.00. The van der Waals surface area contributed by atoms with E-state index in [1.807, 2.05) is 31.2 Å². The smallest absolute Gasteiger partial charge is 0.161 e. The van der Waals surface area contributed by atoms with Crippen molar-refractivity contribution in [2.24, 2.45) is 11.1 Å². The van der Waals surface area contributed by atoms with Gasteiger partial charge in [0.25, 0.3) is 0 Å². The van der Waals surface area contributed by atoms with Gasteiger partial charge in [0.15, 0.2) is 11.5 Å². The summed E-state index contributed by atoms with van der Waals surface area (Å²) in [6.45, 7) is 7.95. The molecular formula is C18H29NO2. The Morgan fingerprint density at radius 1 is 1.00 bits per heavy atom. The summed E-state index contributed by atoms with van der Waals surface area (Å²) >= 11 is 0. The van der Waals surface area contributed by atoms with Crippen LogP contribution in [0.2, 0.25) is 0 Å². The molecule has 21 heavy (non-hydrogen) atoms. The molecule has 1 aliphatic rings. The molecule has 0 saturated heterocycles. The fraction of sp³-hybridized carbons (Fsp3) is 0.667. The van der Waals surface area contributed by atoms with Crippen molar-refractivity contribution in [3.63, 3.8) is 0 Å². The molecular weight excluding hydrogens is 262 g/mol. The van der Waals surface area contributed by atoms with E-state index in [-0.39, 0.29) is 5.54 Å². The van der Waals surface area contributed by atoms with Crippen LogP contribution in [0.15, 0.2) is 24.3 Å². The lowest BCUT2D eigenvalue weighted by molar-refractivity contribution is 0.139. The SMILES string of the molecule is CCOc1ccccc1OCCC1(N)CCC(C)(C)CC1. The summed E-state index contributed by atoms with van der Waals surface area (Å²) in [7, 11) is 0. The Balaban J connectivity index is 1.84. The molecule has 0 radical (unpaired) electrons. The van der Waals surface area contributed by atoms with Gasteiger partial charge < -0.3 is 15.2 Å². The summed E-state index contributed by atoms with van der Waals surface area (Å²) in [4.78, 5) is 0. The maximum Gasteiger partial charge on any atom is 0.161 e. The largest absolute Gasteiger partial charge is 0.490 e. The number of hydrogen-bond donors (Lipinski definition) is 1. The van der Waals surface area contributed by atoms with E-state index in [0.29, 0.717) is 18.6 Å². The average molecular weight is 291 g/mol. The second-order valence-electron chi connectivity index (χ2n) is 7.00. The summed E-state index contributed by atoms with van der Waals surface area (Å²) in [5.41, 5.74) is 6.92. The zero-order chi connectivity index (χ0) is 15.3. The van der Waals surface area contributed by atoms with Gasteiger partial charge in [0, 0.05) is 5.54 Å². The fourth-order valence-electron chi connectivity index (χ4n) is 2.88. The molecule has 2 N–H and O–H groups in total. The van der Waals surface area contributed by atoms with E-state index >= 15 is 0 Å². The Morgan fingerprint density at radius 3 is 2.14 bits per heavy atom. The van der Waals surface area contributed by atoms with E-state index in [1.165, 1.54) is 12.8 Å². The van der Waals surface area contributed by atoms with Crippen LogP contribution < -0.4 is 15.2 Å². The molecule has 3 nitrogen and oxygen atoms in total. The predicted molar refractivity (Wildman–Crippen MR) is 86.9 cm³/mol. The molecule has 0 unspecified atom stereocenters. The molecule has 1 aliphatic carbocycles. The zero-order valence-corrected chi connectivity index (χ0v) is 13.7. The van der Waals surface area contributed by atoms with Crippen molar-refractivity contribution in [2.75, 3.05) is 13.2 Å². The van der Waals surface area contributed by atoms with Gasteiger partial charge in [-0.3, -0.25) is 0 Å². The van der Waals surface area contributed by atoms with Crippen molar-refractivity contribution >= 4 is 0 Å². The lowest BCUT2D eigenvalue weighted by Gasteiger charge is -2.41. The van der Waals surface area contributed by atoms with E-state index in [1.54, 1.807) is 0 Å². The van der Waals surface area contributed by atoms with Crippen LogP contribution in [-0.4, -0.2) is 18.8 Å². The highest BCUT2D eigenvalue weighted by Crippen LogP contribution is 2.40. The third kappa shape index (κ3) is 4.63. The van der Waals surface area contributed by atoms with Gasteiger partial charge in [0.1, 0.15) is 0 Å². The Labute approximate surface area is 128 Å². The first-order valence-corrected chi connectivity index (χ1v) is 8.08. The first-order valence-electron chi connectivity index (χ1n) is 8.08. The number of para-hydroxylation sites is 2. The van der Waals surface area contributed by atoms with Gasteiger partial charge in [-0.1, -0.05) is 26.0 Å². The molecule has 0 aliphatic heterocycles. The molecule has 0 amide bonds. The van der Waals surface area contributed by atoms with Gasteiger partial charge in [0.2, 0.25) is 0 Å². The lowest BCUT2D eigenvalue weighted by atomic mass is 9.69. The van der Waals surface area contributed by atoms with Crippen molar-refractivity contribution < 1.29 is 9.47 Å². The predicted octanol–water partition coefficient (Wildman–Crippen LogP) is 4.15. The Hall–Kier alpha value is -1.22. The Kier molecular flexibility index (Phi) is 5.15. The number of nitrogens with two attached hydrogens (primary N) is 1. The van der Waals surface area contributed by atoms with E-state index in [4.69, 9.17) is 15.2 Å². The minimum absolute atomic E-state index is 0.0594. The van der Waals surface area contributed by atoms with Crippen molar-refractivity contribution in [2.45, 2.75) is 58.4 Å². The first-order chi connectivity index (χ1) is 9.94. The van der Waals surface area contributed by atoms with E-state index < -0.39 is 0 Å². The van der Waals surface area contributed by atoms with Gasteiger partial charge in [-0.2, -0.15) is 0 Å². The normalized spacial score (nSPS) is 20.0. The molecule has 118 valence electrons. The van der Waals surface area contributed by atoms with Gasteiger partial charge >= 0.3 is 0 Å². The average Bonchev–Trinajstić information content (AvgIpc) is 2.45. The highest BCUT2D eigenvalue weighted by atomic mass is 16.5. The number of hydrogen-bond acceptors (Lipinski definition) is 3. The van der Waals surface area contributed by atoms with Crippen molar-refractivity contribution in [1.82, 2.24) is 0 Å². The summed E-state index contributed by atoms with van der Waals surface area (Å²) in [6.07, 6.45) is 5.51. The highest BCUT2D eigenvalue weighted by Gasteiger charge is 2.35. The lowest BCUT2D eigenvalue weighted by Crippen LogP contribution is -2.46. The standard InChI is InChI=1S/C18H29NO2/c1-4-20-15-7-5-6-8-16(15)21-14-13-18(19)11-9-17(2,3)10-12-18/h5-8H,4,9-14,19H2,1-3H3. The Morgan fingerprint density at radius 2 is 1.57 bits per heavy atom. The maximum atomic E-state index is 6.53. The van der Waals surface area contributed by atoms with Crippen LogP contribution in [0.3, 0.4) is 0 Å². The third-order valence-corrected chi connectivity index (χ3v) is 4.61. The quantitative estimate of drug-likeness (QED) is 0.856. The van der Waals surface area contributed by atoms with Crippen LogP contribution in [0.4, 0.5) is 0 Å². The fourth-order valence-corrected chi connectivity index (χ4v) is 2.88. The van der Waals surface area contributed by atoms with Crippen LogP contribution in [-0.2, 0) is 0 Å². The van der Waals surface area contributed by atoms with Crippen LogP contribution >= 0.6 is 0 Å². The van der Waals surface area contributed by atoms with Crippen molar-refractivity contribution in [3.05, 3.63) is 24.3 Å². The molecule has 3 heteroatoms. The summed E-state index contributed by atoms with van der Waals surface area (Å²) in [5, 5.41) is 0. The number of rotatable bonds is 6. The summed E-state index contributed by atoms with van der Waals surface area (Å²) in [6, 6.07) is 7.84. The van der Waals surface area contributed by atoms with Crippen LogP contribution in [0, 0.1) is 5.41 Å². The van der Waals surface area contributed by atoms with Crippen LogP contribution in [0.5, 0.6) is 11.5 Å². The topological polar surface area (TPSA) is 44.5 Å². The molecule has 0 atom stereocenters. The van der Waals surface area contributed by atoms with Crippen LogP contribution in [0.25, 0.3) is 0 Å². The van der Waals surface area contributed by atoms with Crippen molar-refractivity contribution in [1.29, 1.82) is 0 Å². The monoisotopic (exact) mass is 291 g/mol. The van der Waals surface area contributed by atoms with Gasteiger partial charge in [-0.15, -0.1) is 0 Å². The van der Waals surface area contributed by atoms with Gasteiger partial charge in [0.05, 0.1) is 13.2 Å². The summed E-state index contributed by atoms with van der Waals surface area (Å²) in [5.74, 6) is 1.63.